The molecule has 0 aromatic heterocycles. The van der Waals surface area contributed by atoms with Gasteiger partial charge in [0.1, 0.15) is 0 Å². The number of hydrogen-bond acceptors (Lipinski definition) is 1. The van der Waals surface area contributed by atoms with E-state index in [1.807, 2.05) is 0 Å². The van der Waals surface area contributed by atoms with Crippen LogP contribution in [0.3, 0.4) is 0 Å². The molecule has 0 aliphatic rings. The van der Waals surface area contributed by atoms with Gasteiger partial charge in [-0.2, -0.15) is 0 Å². The summed E-state index contributed by atoms with van der Waals surface area (Å²) in [4.78, 5) is 0. The second-order valence-corrected chi connectivity index (χ2v) is 2.34. The SMILES string of the molecule is CCC.CNCCCC(F)F.[HH]. The van der Waals surface area contributed by atoms with Crippen molar-refractivity contribution >= 4 is 0 Å². The molecule has 1 nitrogen and oxygen atoms in total. The molecule has 0 aromatic rings. The van der Waals surface area contributed by atoms with E-state index in [2.05, 4.69) is 19.2 Å². The van der Waals surface area contributed by atoms with Crippen molar-refractivity contribution in [3.8, 4) is 0 Å². The summed E-state index contributed by atoms with van der Waals surface area (Å²) in [6.07, 6.45) is -0.307. The van der Waals surface area contributed by atoms with Crippen LogP contribution >= 0.6 is 0 Å². The van der Waals surface area contributed by atoms with E-state index in [1.54, 1.807) is 7.05 Å². The van der Waals surface area contributed by atoms with E-state index in [4.69, 9.17) is 0 Å². The molecule has 0 unspecified atom stereocenters. The van der Waals surface area contributed by atoms with Gasteiger partial charge in [0.25, 0.3) is 0 Å². The van der Waals surface area contributed by atoms with E-state index in [9.17, 15) is 8.78 Å². The molecule has 0 saturated carbocycles. The maximum absolute atomic E-state index is 11.3. The molecule has 0 amide bonds. The standard InChI is InChI=1S/C5H11F2N.C3H8.H2/c1-8-4-2-3-5(6)7;1-3-2;/h5,8H,2-4H2,1H3;3H2,1-2H3;1H. The van der Waals surface area contributed by atoms with Gasteiger partial charge >= 0.3 is 0 Å². The van der Waals surface area contributed by atoms with Crippen LogP contribution in [0.25, 0.3) is 0 Å². The van der Waals surface area contributed by atoms with E-state index >= 15 is 0 Å². The van der Waals surface area contributed by atoms with Crippen molar-refractivity contribution in [3.63, 3.8) is 0 Å². The Morgan fingerprint density at radius 2 is 1.82 bits per heavy atom. The van der Waals surface area contributed by atoms with Gasteiger partial charge in [-0.3, -0.25) is 0 Å². The molecule has 1 N–H and O–H groups in total. The van der Waals surface area contributed by atoms with Crippen LogP contribution in [0.2, 0.25) is 0 Å². The van der Waals surface area contributed by atoms with Gasteiger partial charge < -0.3 is 5.32 Å². The molecule has 0 fully saturated rings. The van der Waals surface area contributed by atoms with Crippen molar-refractivity contribution in [1.82, 2.24) is 5.32 Å². The van der Waals surface area contributed by atoms with Crippen molar-refractivity contribution in [3.05, 3.63) is 0 Å². The molecule has 0 radical (unpaired) electrons. The summed E-state index contributed by atoms with van der Waals surface area (Å²) in [6.45, 7) is 4.93. The molecular weight excluding hydrogens is 148 g/mol. The molecule has 0 spiro atoms. The second kappa shape index (κ2) is 12.5. The Morgan fingerprint density at radius 1 is 1.36 bits per heavy atom. The lowest BCUT2D eigenvalue weighted by Gasteiger charge is -1.96. The van der Waals surface area contributed by atoms with Crippen molar-refractivity contribution in [2.24, 2.45) is 0 Å². The summed E-state index contributed by atoms with van der Waals surface area (Å²) in [7, 11) is 1.76. The lowest BCUT2D eigenvalue weighted by molar-refractivity contribution is 0.135. The van der Waals surface area contributed by atoms with E-state index in [0.717, 1.165) is 0 Å². The minimum Gasteiger partial charge on any atom is -0.320 e. The fourth-order valence-corrected chi connectivity index (χ4v) is 0.433. The van der Waals surface area contributed by atoms with Crippen LogP contribution in [0, 0.1) is 0 Å². The van der Waals surface area contributed by atoms with Crippen LogP contribution < -0.4 is 5.32 Å². The molecule has 0 aromatic carbocycles. The molecule has 0 aliphatic carbocycles. The molecule has 0 rings (SSSR count). The first-order chi connectivity index (χ1) is 5.18. The first-order valence-electron chi connectivity index (χ1n) is 4.11. The fraction of sp³-hybridized carbons (Fsp3) is 1.00. The number of nitrogens with one attached hydrogen (secondary N) is 1. The van der Waals surface area contributed by atoms with Crippen molar-refractivity contribution < 1.29 is 10.2 Å². The van der Waals surface area contributed by atoms with Gasteiger partial charge in [0, 0.05) is 7.85 Å². The largest absolute Gasteiger partial charge is 0.320 e. The predicted molar refractivity (Wildman–Crippen MR) is 47.2 cm³/mol. The second-order valence-electron chi connectivity index (χ2n) is 2.34. The average molecular weight is 169 g/mol. The van der Waals surface area contributed by atoms with Crippen LogP contribution in [0.15, 0.2) is 0 Å². The minimum absolute atomic E-state index is 0. The van der Waals surface area contributed by atoms with Crippen LogP contribution in [0.1, 0.15) is 34.5 Å². The zero-order chi connectivity index (χ0) is 9.11. The highest BCUT2D eigenvalue weighted by molar-refractivity contribution is 4.43. The summed E-state index contributed by atoms with van der Waals surface area (Å²) in [5, 5.41) is 2.79. The monoisotopic (exact) mass is 169 g/mol. The topological polar surface area (TPSA) is 12.0 Å². The molecule has 0 heterocycles. The Balaban J connectivity index is -0.000000177. The van der Waals surface area contributed by atoms with Crippen molar-refractivity contribution in [2.75, 3.05) is 13.6 Å². The van der Waals surface area contributed by atoms with Crippen LogP contribution in [0.5, 0.6) is 0 Å². The highest BCUT2D eigenvalue weighted by Gasteiger charge is 1.98. The first kappa shape index (κ1) is 13.4. The van der Waals surface area contributed by atoms with Crippen molar-refractivity contribution in [1.29, 1.82) is 0 Å². The Morgan fingerprint density at radius 3 is 2.09 bits per heavy atom. The number of halogens is 2. The lowest BCUT2D eigenvalue weighted by Crippen LogP contribution is -2.08. The summed E-state index contributed by atoms with van der Waals surface area (Å²) in [5.41, 5.74) is 0. The van der Waals surface area contributed by atoms with E-state index < -0.39 is 6.43 Å². The fourth-order valence-electron chi connectivity index (χ4n) is 0.433. The van der Waals surface area contributed by atoms with Crippen LogP contribution in [-0.2, 0) is 0 Å². The maximum atomic E-state index is 11.3. The Bertz CT molecular complexity index is 63.0. The van der Waals surface area contributed by atoms with Gasteiger partial charge in [0.2, 0.25) is 6.43 Å². The van der Waals surface area contributed by atoms with Gasteiger partial charge in [0.05, 0.1) is 0 Å². The van der Waals surface area contributed by atoms with Gasteiger partial charge in [-0.1, -0.05) is 20.3 Å². The third-order valence-electron chi connectivity index (χ3n) is 0.849. The third-order valence-corrected chi connectivity index (χ3v) is 0.849. The Kier molecular flexibility index (Phi) is 15.2. The van der Waals surface area contributed by atoms with Gasteiger partial charge in [0.15, 0.2) is 0 Å². The van der Waals surface area contributed by atoms with Crippen LogP contribution in [0.4, 0.5) is 8.78 Å². The molecule has 0 saturated heterocycles. The Labute approximate surface area is 69.7 Å². The Hall–Kier alpha value is -0.180. The van der Waals surface area contributed by atoms with Gasteiger partial charge in [-0.05, 0) is 20.0 Å². The van der Waals surface area contributed by atoms with E-state index in [0.29, 0.717) is 13.0 Å². The summed E-state index contributed by atoms with van der Waals surface area (Å²) in [5.74, 6) is 0. The first-order valence-corrected chi connectivity index (χ1v) is 4.11. The molecule has 0 bridgehead atoms. The van der Waals surface area contributed by atoms with Crippen molar-refractivity contribution in [2.45, 2.75) is 39.5 Å². The molecule has 72 valence electrons. The number of alkyl halides is 2. The predicted octanol–water partition coefficient (Wildman–Crippen LogP) is 2.91. The summed E-state index contributed by atoms with van der Waals surface area (Å²) in [6, 6.07) is 0. The van der Waals surface area contributed by atoms with E-state index in [1.165, 1.54) is 6.42 Å². The highest BCUT2D eigenvalue weighted by Crippen LogP contribution is 2.00. The third kappa shape index (κ3) is 25.8. The normalized spacial score (nSPS) is 9.27. The lowest BCUT2D eigenvalue weighted by atomic mass is 10.3. The highest BCUT2D eigenvalue weighted by atomic mass is 19.3. The van der Waals surface area contributed by atoms with E-state index in [-0.39, 0.29) is 7.85 Å². The van der Waals surface area contributed by atoms with Gasteiger partial charge in [-0.25, -0.2) is 8.78 Å². The summed E-state index contributed by atoms with van der Waals surface area (Å²) >= 11 is 0. The minimum atomic E-state index is -2.14. The molecule has 11 heavy (non-hydrogen) atoms. The molecule has 0 atom stereocenters. The quantitative estimate of drug-likeness (QED) is 0.638. The number of hydrogen-bond donors (Lipinski definition) is 1. The summed E-state index contributed by atoms with van der Waals surface area (Å²) < 4.78 is 22.7. The molecule has 3 heteroatoms. The average Bonchev–Trinajstić information content (AvgIpc) is 1.89. The smallest absolute Gasteiger partial charge is 0.238 e. The zero-order valence-electron chi connectivity index (χ0n) is 7.66. The van der Waals surface area contributed by atoms with Gasteiger partial charge in [-0.15, -0.1) is 0 Å². The molecule has 0 aliphatic heterocycles. The number of rotatable bonds is 4. The van der Waals surface area contributed by atoms with Crippen LogP contribution in [-0.4, -0.2) is 20.0 Å². The molecular formula is C8H21F2N. The zero-order valence-corrected chi connectivity index (χ0v) is 7.66. The maximum Gasteiger partial charge on any atom is 0.238 e.